The number of hydrogen-bond acceptors (Lipinski definition) is 2. The fourth-order valence-corrected chi connectivity index (χ4v) is 1.78. The number of carbonyl (C=O) groups is 1. The SMILES string of the molecule is C#CC1CC(=O)N(c2ccc(C(F)(F)F)nc2)C1. The van der Waals surface area contributed by atoms with Gasteiger partial charge in [0, 0.05) is 18.9 Å². The molecule has 1 aromatic heterocycles. The minimum atomic E-state index is -4.48. The molecule has 1 aromatic rings. The lowest BCUT2D eigenvalue weighted by Gasteiger charge is -2.16. The molecule has 0 radical (unpaired) electrons. The van der Waals surface area contributed by atoms with Crippen LogP contribution in [0.1, 0.15) is 12.1 Å². The van der Waals surface area contributed by atoms with Gasteiger partial charge in [0.1, 0.15) is 5.69 Å². The molecule has 1 amide bonds. The van der Waals surface area contributed by atoms with Crippen LogP contribution in [0.5, 0.6) is 0 Å². The van der Waals surface area contributed by atoms with Crippen molar-refractivity contribution in [3.8, 4) is 12.3 Å². The van der Waals surface area contributed by atoms with E-state index in [1.807, 2.05) is 0 Å². The van der Waals surface area contributed by atoms with Crippen LogP contribution in [0, 0.1) is 18.3 Å². The summed E-state index contributed by atoms with van der Waals surface area (Å²) in [6.07, 6.45) is 2.01. The van der Waals surface area contributed by atoms with E-state index in [0.29, 0.717) is 12.2 Å². The number of rotatable bonds is 1. The third-order valence-electron chi connectivity index (χ3n) is 2.71. The summed E-state index contributed by atoms with van der Waals surface area (Å²) in [4.78, 5) is 16.3. The van der Waals surface area contributed by atoms with E-state index >= 15 is 0 Å². The summed E-state index contributed by atoms with van der Waals surface area (Å²) in [5.74, 6) is 2.08. The smallest absolute Gasteiger partial charge is 0.310 e. The number of hydrogen-bond donors (Lipinski definition) is 0. The highest BCUT2D eigenvalue weighted by Crippen LogP contribution is 2.30. The average Bonchev–Trinajstić information content (AvgIpc) is 2.70. The van der Waals surface area contributed by atoms with Crippen molar-refractivity contribution >= 4 is 11.6 Å². The first kappa shape index (κ1) is 12.4. The molecule has 0 bridgehead atoms. The van der Waals surface area contributed by atoms with E-state index in [1.165, 1.54) is 11.0 Å². The second-order valence-electron chi connectivity index (χ2n) is 3.97. The first-order chi connectivity index (χ1) is 8.41. The molecule has 1 aliphatic rings. The van der Waals surface area contributed by atoms with E-state index in [-0.39, 0.29) is 18.2 Å². The Morgan fingerprint density at radius 1 is 1.44 bits per heavy atom. The standard InChI is InChI=1S/C12H9F3N2O/c1-2-8-5-11(18)17(7-8)9-3-4-10(16-6-9)12(13,14)15/h1,3-4,6,8H,5,7H2. The van der Waals surface area contributed by atoms with Crippen LogP contribution in [-0.4, -0.2) is 17.4 Å². The van der Waals surface area contributed by atoms with Crippen LogP contribution in [0.3, 0.4) is 0 Å². The monoisotopic (exact) mass is 254 g/mol. The number of alkyl halides is 3. The topological polar surface area (TPSA) is 33.2 Å². The van der Waals surface area contributed by atoms with Crippen LogP contribution < -0.4 is 4.90 Å². The first-order valence-corrected chi connectivity index (χ1v) is 5.21. The normalized spacial score (nSPS) is 20.0. The molecule has 2 heterocycles. The molecule has 1 saturated heterocycles. The first-order valence-electron chi connectivity index (χ1n) is 5.21. The van der Waals surface area contributed by atoms with Crippen molar-refractivity contribution < 1.29 is 18.0 Å². The molecule has 2 rings (SSSR count). The molecule has 0 aliphatic carbocycles. The zero-order valence-corrected chi connectivity index (χ0v) is 9.24. The molecule has 18 heavy (non-hydrogen) atoms. The van der Waals surface area contributed by atoms with Crippen molar-refractivity contribution in [1.82, 2.24) is 4.98 Å². The minimum absolute atomic E-state index is 0.195. The molecular weight excluding hydrogens is 245 g/mol. The zero-order valence-electron chi connectivity index (χ0n) is 9.24. The Morgan fingerprint density at radius 2 is 2.17 bits per heavy atom. The Bertz CT molecular complexity index is 502. The summed E-state index contributed by atoms with van der Waals surface area (Å²) >= 11 is 0. The van der Waals surface area contributed by atoms with Crippen molar-refractivity contribution in [2.45, 2.75) is 12.6 Å². The minimum Gasteiger partial charge on any atom is -0.310 e. The van der Waals surface area contributed by atoms with E-state index in [0.717, 1.165) is 12.3 Å². The number of aromatic nitrogens is 1. The molecule has 3 nitrogen and oxygen atoms in total. The van der Waals surface area contributed by atoms with Crippen LogP contribution in [0.25, 0.3) is 0 Å². The molecule has 0 aromatic carbocycles. The molecular formula is C12H9F3N2O. The van der Waals surface area contributed by atoms with Gasteiger partial charge in [0.25, 0.3) is 0 Å². The highest BCUT2D eigenvalue weighted by atomic mass is 19.4. The van der Waals surface area contributed by atoms with Gasteiger partial charge in [-0.3, -0.25) is 4.79 Å². The van der Waals surface area contributed by atoms with E-state index < -0.39 is 11.9 Å². The predicted molar refractivity (Wildman–Crippen MR) is 58.5 cm³/mol. The van der Waals surface area contributed by atoms with Gasteiger partial charge in [-0.15, -0.1) is 12.3 Å². The lowest BCUT2D eigenvalue weighted by molar-refractivity contribution is -0.141. The molecule has 0 spiro atoms. The Labute approximate surface area is 102 Å². The lowest BCUT2D eigenvalue weighted by atomic mass is 10.1. The molecule has 94 valence electrons. The summed E-state index contributed by atoms with van der Waals surface area (Å²) < 4.78 is 37.0. The predicted octanol–water partition coefficient (Wildman–Crippen LogP) is 2.09. The van der Waals surface area contributed by atoms with Crippen LogP contribution in [0.4, 0.5) is 18.9 Å². The van der Waals surface area contributed by atoms with Crippen LogP contribution in [0.15, 0.2) is 18.3 Å². The summed E-state index contributed by atoms with van der Waals surface area (Å²) in [6.45, 7) is 0.322. The Hall–Kier alpha value is -2.03. The van der Waals surface area contributed by atoms with Crippen molar-refractivity contribution in [2.24, 2.45) is 5.92 Å². The molecule has 1 fully saturated rings. The van der Waals surface area contributed by atoms with E-state index in [2.05, 4.69) is 10.9 Å². The highest BCUT2D eigenvalue weighted by molar-refractivity contribution is 5.95. The number of anilines is 1. The largest absolute Gasteiger partial charge is 0.433 e. The van der Waals surface area contributed by atoms with Crippen molar-refractivity contribution in [3.63, 3.8) is 0 Å². The van der Waals surface area contributed by atoms with Crippen molar-refractivity contribution in [1.29, 1.82) is 0 Å². The molecule has 1 atom stereocenters. The molecule has 0 saturated carbocycles. The van der Waals surface area contributed by atoms with Crippen LogP contribution >= 0.6 is 0 Å². The Balaban J connectivity index is 2.21. The summed E-state index contributed by atoms with van der Waals surface area (Å²) in [6, 6.07) is 2.08. The maximum Gasteiger partial charge on any atom is 0.433 e. The Kier molecular flexibility index (Phi) is 2.99. The number of terminal acetylenes is 1. The summed E-state index contributed by atoms with van der Waals surface area (Å²) in [5.41, 5.74) is -0.642. The maximum atomic E-state index is 12.3. The van der Waals surface area contributed by atoms with Gasteiger partial charge in [-0.2, -0.15) is 13.2 Å². The Morgan fingerprint density at radius 3 is 2.61 bits per heavy atom. The van der Waals surface area contributed by atoms with Gasteiger partial charge in [0.2, 0.25) is 5.91 Å². The summed E-state index contributed by atoms with van der Waals surface area (Å²) in [5, 5.41) is 0. The van der Waals surface area contributed by atoms with Gasteiger partial charge in [-0.1, -0.05) is 0 Å². The second-order valence-corrected chi connectivity index (χ2v) is 3.97. The third kappa shape index (κ3) is 2.30. The molecule has 0 N–H and O–H groups in total. The van der Waals surface area contributed by atoms with Gasteiger partial charge < -0.3 is 4.90 Å². The highest BCUT2D eigenvalue weighted by Gasteiger charge is 2.33. The van der Waals surface area contributed by atoms with Crippen LogP contribution in [-0.2, 0) is 11.0 Å². The number of amides is 1. The fraction of sp³-hybridized carbons (Fsp3) is 0.333. The summed E-state index contributed by atoms with van der Waals surface area (Å²) in [7, 11) is 0. The zero-order chi connectivity index (χ0) is 13.3. The number of pyridine rings is 1. The van der Waals surface area contributed by atoms with Gasteiger partial charge >= 0.3 is 6.18 Å². The van der Waals surface area contributed by atoms with Gasteiger partial charge in [0.05, 0.1) is 11.9 Å². The number of carbonyl (C=O) groups excluding carboxylic acids is 1. The molecule has 1 aliphatic heterocycles. The van der Waals surface area contributed by atoms with E-state index in [1.54, 1.807) is 0 Å². The molecule has 6 heteroatoms. The van der Waals surface area contributed by atoms with Crippen molar-refractivity contribution in [3.05, 3.63) is 24.0 Å². The van der Waals surface area contributed by atoms with Crippen LogP contribution in [0.2, 0.25) is 0 Å². The van der Waals surface area contributed by atoms with Gasteiger partial charge in [0.15, 0.2) is 0 Å². The molecule has 1 unspecified atom stereocenters. The number of nitrogens with zero attached hydrogens (tertiary/aromatic N) is 2. The lowest BCUT2D eigenvalue weighted by Crippen LogP contribution is -2.24. The van der Waals surface area contributed by atoms with Crippen molar-refractivity contribution in [2.75, 3.05) is 11.4 Å². The van der Waals surface area contributed by atoms with Gasteiger partial charge in [-0.05, 0) is 12.1 Å². The number of halogens is 3. The maximum absolute atomic E-state index is 12.3. The average molecular weight is 254 g/mol. The second kappa shape index (κ2) is 4.33. The fourth-order valence-electron chi connectivity index (χ4n) is 1.78. The van der Waals surface area contributed by atoms with Gasteiger partial charge in [-0.25, -0.2) is 4.98 Å². The third-order valence-corrected chi connectivity index (χ3v) is 2.71. The quantitative estimate of drug-likeness (QED) is 0.719. The van der Waals surface area contributed by atoms with E-state index in [4.69, 9.17) is 6.42 Å². The van der Waals surface area contributed by atoms with E-state index in [9.17, 15) is 18.0 Å².